The largest absolute Gasteiger partial charge is 0.370 e. The van der Waals surface area contributed by atoms with E-state index in [1.165, 1.54) is 12.0 Å². The van der Waals surface area contributed by atoms with Crippen molar-refractivity contribution in [3.05, 3.63) is 23.9 Å². The third-order valence-corrected chi connectivity index (χ3v) is 2.48. The summed E-state index contributed by atoms with van der Waals surface area (Å²) in [7, 11) is 0. The fraction of sp³-hybridized carbons (Fsp3) is 0.615. The average Bonchev–Trinajstić information content (AvgIpc) is 2.18. The molecule has 1 rings (SSSR count). The van der Waals surface area contributed by atoms with Crippen LogP contribution < -0.4 is 5.32 Å². The monoisotopic (exact) mass is 206 g/mol. The molecular formula is C13H22N2. The zero-order valence-electron chi connectivity index (χ0n) is 10.2. The first kappa shape index (κ1) is 12.0. The molecule has 0 bridgehead atoms. The predicted molar refractivity (Wildman–Crippen MR) is 66.3 cm³/mol. The minimum absolute atomic E-state index is 0.558. The van der Waals surface area contributed by atoms with Crippen LogP contribution in [0.5, 0.6) is 0 Å². The molecule has 0 aliphatic carbocycles. The number of nitrogens with zero attached hydrogens (tertiary/aromatic N) is 1. The van der Waals surface area contributed by atoms with Crippen LogP contribution in [0.4, 0.5) is 5.82 Å². The Balaban J connectivity index is 2.43. The molecule has 84 valence electrons. The number of anilines is 1. The topological polar surface area (TPSA) is 24.9 Å². The number of pyridine rings is 1. The fourth-order valence-electron chi connectivity index (χ4n) is 1.34. The zero-order chi connectivity index (χ0) is 11.3. The van der Waals surface area contributed by atoms with Gasteiger partial charge in [0, 0.05) is 12.7 Å². The molecule has 0 unspecified atom stereocenters. The molecule has 0 spiro atoms. The number of nitrogens with one attached hydrogen (secondary N) is 1. The Bertz CT molecular complexity index is 275. The molecule has 2 heteroatoms. The Labute approximate surface area is 93.1 Å². The van der Waals surface area contributed by atoms with Crippen LogP contribution in [0.3, 0.4) is 0 Å². The van der Waals surface area contributed by atoms with Crippen LogP contribution in [-0.4, -0.2) is 11.5 Å². The molecule has 1 aromatic rings. The Hall–Kier alpha value is -1.05. The number of aromatic nitrogens is 1. The van der Waals surface area contributed by atoms with Crippen molar-refractivity contribution in [2.75, 3.05) is 11.9 Å². The lowest BCUT2D eigenvalue weighted by Gasteiger charge is -2.09. The second kappa shape index (κ2) is 5.74. The van der Waals surface area contributed by atoms with Crippen molar-refractivity contribution in [3.63, 3.8) is 0 Å². The number of rotatable bonds is 5. The van der Waals surface area contributed by atoms with E-state index in [9.17, 15) is 0 Å². The van der Waals surface area contributed by atoms with Gasteiger partial charge < -0.3 is 5.32 Å². The highest BCUT2D eigenvalue weighted by atomic mass is 15.0. The van der Waals surface area contributed by atoms with Crippen LogP contribution in [0, 0.1) is 5.92 Å². The fourth-order valence-corrected chi connectivity index (χ4v) is 1.34. The highest BCUT2D eigenvalue weighted by Crippen LogP contribution is 2.14. The number of hydrogen-bond acceptors (Lipinski definition) is 2. The molecule has 0 saturated carbocycles. The molecule has 0 aliphatic heterocycles. The summed E-state index contributed by atoms with van der Waals surface area (Å²) in [6.07, 6.45) is 3.15. The minimum Gasteiger partial charge on any atom is -0.370 e. The Morgan fingerprint density at radius 2 is 1.93 bits per heavy atom. The van der Waals surface area contributed by atoms with Gasteiger partial charge >= 0.3 is 0 Å². The van der Waals surface area contributed by atoms with Crippen molar-refractivity contribution >= 4 is 5.82 Å². The van der Waals surface area contributed by atoms with Gasteiger partial charge in [0.2, 0.25) is 0 Å². The maximum atomic E-state index is 4.39. The third kappa shape index (κ3) is 4.32. The molecule has 15 heavy (non-hydrogen) atoms. The lowest BCUT2D eigenvalue weighted by molar-refractivity contribution is 0.606. The van der Waals surface area contributed by atoms with E-state index >= 15 is 0 Å². The second-order valence-corrected chi connectivity index (χ2v) is 4.74. The third-order valence-electron chi connectivity index (χ3n) is 2.48. The van der Waals surface area contributed by atoms with Gasteiger partial charge in [-0.25, -0.2) is 4.98 Å². The zero-order valence-corrected chi connectivity index (χ0v) is 10.2. The highest BCUT2D eigenvalue weighted by molar-refractivity contribution is 5.35. The van der Waals surface area contributed by atoms with E-state index in [1.54, 1.807) is 0 Å². The van der Waals surface area contributed by atoms with Gasteiger partial charge in [0.05, 0.1) is 0 Å². The lowest BCUT2D eigenvalue weighted by atomic mass is 10.1. The van der Waals surface area contributed by atoms with E-state index in [0.717, 1.165) is 18.3 Å². The van der Waals surface area contributed by atoms with Gasteiger partial charge in [-0.3, -0.25) is 0 Å². The normalized spacial score (nSPS) is 11.1. The summed E-state index contributed by atoms with van der Waals surface area (Å²) in [5.41, 5.74) is 1.30. The summed E-state index contributed by atoms with van der Waals surface area (Å²) >= 11 is 0. The molecule has 0 fully saturated rings. The van der Waals surface area contributed by atoms with Crippen molar-refractivity contribution < 1.29 is 0 Å². The van der Waals surface area contributed by atoms with Gasteiger partial charge in [0.15, 0.2) is 0 Å². The molecule has 0 atom stereocenters. The van der Waals surface area contributed by atoms with Crippen LogP contribution in [0.1, 0.15) is 45.6 Å². The van der Waals surface area contributed by atoms with Gasteiger partial charge in [-0.1, -0.05) is 33.8 Å². The molecule has 1 aromatic heterocycles. The molecule has 0 saturated heterocycles. The summed E-state index contributed by atoms with van der Waals surface area (Å²) in [6, 6.07) is 4.21. The maximum Gasteiger partial charge on any atom is 0.125 e. The number of hydrogen-bond donors (Lipinski definition) is 1. The van der Waals surface area contributed by atoms with E-state index in [1.807, 2.05) is 6.20 Å². The van der Waals surface area contributed by atoms with Gasteiger partial charge in [-0.15, -0.1) is 0 Å². The van der Waals surface area contributed by atoms with E-state index in [0.29, 0.717) is 5.92 Å². The molecule has 0 amide bonds. The van der Waals surface area contributed by atoms with E-state index in [2.05, 4.69) is 50.1 Å². The Morgan fingerprint density at radius 3 is 2.40 bits per heavy atom. The Morgan fingerprint density at radius 1 is 1.20 bits per heavy atom. The van der Waals surface area contributed by atoms with Crippen LogP contribution in [0.15, 0.2) is 18.3 Å². The first-order valence-corrected chi connectivity index (χ1v) is 5.79. The summed E-state index contributed by atoms with van der Waals surface area (Å²) in [5, 5.41) is 3.33. The molecule has 0 aliphatic rings. The van der Waals surface area contributed by atoms with Crippen LogP contribution in [0.25, 0.3) is 0 Å². The summed E-state index contributed by atoms with van der Waals surface area (Å²) in [6.45, 7) is 9.84. The van der Waals surface area contributed by atoms with Crippen molar-refractivity contribution in [1.29, 1.82) is 0 Å². The molecule has 1 N–H and O–H groups in total. The lowest BCUT2D eigenvalue weighted by Crippen LogP contribution is -2.06. The summed E-state index contributed by atoms with van der Waals surface area (Å²) < 4.78 is 0. The molecule has 0 radical (unpaired) electrons. The second-order valence-electron chi connectivity index (χ2n) is 4.74. The molecule has 1 heterocycles. The predicted octanol–water partition coefficient (Wildman–Crippen LogP) is 3.66. The highest BCUT2D eigenvalue weighted by Gasteiger charge is 2.00. The van der Waals surface area contributed by atoms with Gasteiger partial charge in [0.25, 0.3) is 0 Å². The first-order valence-electron chi connectivity index (χ1n) is 5.79. The molecular weight excluding hydrogens is 184 g/mol. The van der Waals surface area contributed by atoms with E-state index < -0.39 is 0 Å². The van der Waals surface area contributed by atoms with Crippen molar-refractivity contribution in [3.8, 4) is 0 Å². The van der Waals surface area contributed by atoms with Crippen molar-refractivity contribution in [1.82, 2.24) is 4.98 Å². The van der Waals surface area contributed by atoms with Crippen LogP contribution in [-0.2, 0) is 0 Å². The Kier molecular flexibility index (Phi) is 4.60. The maximum absolute atomic E-state index is 4.39. The van der Waals surface area contributed by atoms with Crippen molar-refractivity contribution in [2.45, 2.75) is 40.0 Å². The smallest absolute Gasteiger partial charge is 0.125 e. The van der Waals surface area contributed by atoms with E-state index in [4.69, 9.17) is 0 Å². The average molecular weight is 206 g/mol. The van der Waals surface area contributed by atoms with Crippen molar-refractivity contribution in [2.24, 2.45) is 5.92 Å². The quantitative estimate of drug-likeness (QED) is 0.795. The minimum atomic E-state index is 0.558. The van der Waals surface area contributed by atoms with Gasteiger partial charge in [-0.05, 0) is 29.9 Å². The SMILES string of the molecule is CC(C)CCNc1ccc(C(C)C)cn1. The standard InChI is InChI=1S/C13H22N2/c1-10(2)7-8-14-13-6-5-12(9-15-13)11(3)4/h5-6,9-11H,7-8H2,1-4H3,(H,14,15). The summed E-state index contributed by atoms with van der Waals surface area (Å²) in [5.74, 6) is 2.29. The first-order chi connectivity index (χ1) is 7.09. The van der Waals surface area contributed by atoms with Gasteiger partial charge in [-0.2, -0.15) is 0 Å². The van der Waals surface area contributed by atoms with Crippen LogP contribution in [0.2, 0.25) is 0 Å². The molecule has 0 aromatic carbocycles. The molecule has 2 nitrogen and oxygen atoms in total. The van der Waals surface area contributed by atoms with Crippen LogP contribution >= 0.6 is 0 Å². The summed E-state index contributed by atoms with van der Waals surface area (Å²) in [4.78, 5) is 4.39. The van der Waals surface area contributed by atoms with E-state index in [-0.39, 0.29) is 0 Å². The van der Waals surface area contributed by atoms with Gasteiger partial charge in [0.1, 0.15) is 5.82 Å².